The number of carbonyl (C=O) groups is 2. The van der Waals surface area contributed by atoms with Crippen molar-refractivity contribution in [3.63, 3.8) is 0 Å². The Hall–Kier alpha value is -3.24. The van der Waals surface area contributed by atoms with Crippen molar-refractivity contribution in [1.82, 2.24) is 15.0 Å². The summed E-state index contributed by atoms with van der Waals surface area (Å²) in [5.74, 6) is 0.771. The van der Waals surface area contributed by atoms with Gasteiger partial charge in [0.2, 0.25) is 5.91 Å². The number of ether oxygens (including phenoxy) is 1. The fourth-order valence-corrected chi connectivity index (χ4v) is 4.36. The van der Waals surface area contributed by atoms with E-state index in [-0.39, 0.29) is 24.1 Å². The highest BCUT2D eigenvalue weighted by Crippen LogP contribution is 2.29. The number of amides is 2. The fraction of sp³-hybridized carbons (Fsp3) is 0.333. The number of nitrogens with zero attached hydrogens (tertiary/aromatic N) is 3. The Kier molecular flexibility index (Phi) is 6.28. The number of rotatable bonds is 7. The number of anilines is 2. The molecule has 4 rings (SSSR count). The Morgan fingerprint density at radius 3 is 2.90 bits per heavy atom. The van der Waals surface area contributed by atoms with E-state index in [2.05, 4.69) is 25.7 Å². The van der Waals surface area contributed by atoms with Crippen LogP contribution in [-0.4, -0.2) is 46.6 Å². The Morgan fingerprint density at radius 2 is 2.13 bits per heavy atom. The third-order valence-electron chi connectivity index (χ3n) is 4.72. The molecule has 0 saturated carbocycles. The van der Waals surface area contributed by atoms with Gasteiger partial charge in [-0.15, -0.1) is 11.3 Å². The van der Waals surface area contributed by atoms with Gasteiger partial charge in [0.1, 0.15) is 11.5 Å². The van der Waals surface area contributed by atoms with Crippen LogP contribution in [0.1, 0.15) is 33.7 Å². The first-order chi connectivity index (χ1) is 15.0. The molecule has 1 aromatic carbocycles. The predicted octanol–water partition coefficient (Wildman–Crippen LogP) is 3.09. The number of fused-ring (bicyclic) bond motifs is 1. The first-order valence-electron chi connectivity index (χ1n) is 9.99. The van der Waals surface area contributed by atoms with E-state index in [1.165, 1.54) is 11.3 Å². The summed E-state index contributed by atoms with van der Waals surface area (Å²) in [5, 5.41) is 9.94. The van der Waals surface area contributed by atoms with Crippen molar-refractivity contribution in [2.24, 2.45) is 0 Å². The molecule has 0 unspecified atom stereocenters. The Balaban J connectivity index is 1.35. The van der Waals surface area contributed by atoms with E-state index in [1.807, 2.05) is 31.2 Å². The second-order valence-corrected chi connectivity index (χ2v) is 8.19. The lowest BCUT2D eigenvalue weighted by Gasteiger charge is -2.25. The van der Waals surface area contributed by atoms with E-state index in [0.29, 0.717) is 48.4 Å². The fourth-order valence-electron chi connectivity index (χ4n) is 3.32. The van der Waals surface area contributed by atoms with Crippen LogP contribution in [0.3, 0.4) is 0 Å². The summed E-state index contributed by atoms with van der Waals surface area (Å²) in [6.45, 7) is 5.74. The summed E-state index contributed by atoms with van der Waals surface area (Å²) in [4.78, 5) is 32.4. The van der Waals surface area contributed by atoms with Gasteiger partial charge in [0.25, 0.3) is 5.91 Å². The number of aromatic nitrogens is 2. The number of thiazole rings is 1. The Morgan fingerprint density at radius 1 is 1.29 bits per heavy atom. The van der Waals surface area contributed by atoms with Crippen molar-refractivity contribution in [2.45, 2.75) is 26.8 Å². The number of carbonyl (C=O) groups excluding carboxylic acids is 2. The molecule has 0 aliphatic carbocycles. The van der Waals surface area contributed by atoms with Crippen LogP contribution >= 0.6 is 11.3 Å². The summed E-state index contributed by atoms with van der Waals surface area (Å²) in [6.07, 6.45) is 0.716. The number of para-hydroxylation sites is 2. The first kappa shape index (κ1) is 21.0. The van der Waals surface area contributed by atoms with Crippen molar-refractivity contribution in [2.75, 3.05) is 30.3 Å². The minimum Gasteiger partial charge on any atom is -0.492 e. The molecule has 0 fully saturated rings. The smallest absolute Gasteiger partial charge is 0.279 e. The zero-order valence-electron chi connectivity index (χ0n) is 17.3. The van der Waals surface area contributed by atoms with Crippen molar-refractivity contribution >= 4 is 34.0 Å². The van der Waals surface area contributed by atoms with E-state index < -0.39 is 0 Å². The summed E-state index contributed by atoms with van der Waals surface area (Å²) >= 11 is 1.41. The molecule has 31 heavy (non-hydrogen) atoms. The zero-order chi connectivity index (χ0) is 21.8. The lowest BCUT2D eigenvalue weighted by Crippen LogP contribution is -2.36. The van der Waals surface area contributed by atoms with Crippen molar-refractivity contribution in [3.05, 3.63) is 52.4 Å². The summed E-state index contributed by atoms with van der Waals surface area (Å²) in [7, 11) is 0. The quantitative estimate of drug-likeness (QED) is 0.580. The summed E-state index contributed by atoms with van der Waals surface area (Å²) < 4.78 is 10.5. The molecule has 1 aliphatic rings. The number of hydrogen-bond acceptors (Lipinski definition) is 8. The van der Waals surface area contributed by atoms with Gasteiger partial charge < -0.3 is 14.6 Å². The van der Waals surface area contributed by atoms with Gasteiger partial charge >= 0.3 is 0 Å². The molecule has 0 spiro atoms. The molecule has 0 saturated heterocycles. The molecule has 1 aliphatic heterocycles. The number of aryl methyl sites for hydroxylation is 1. The van der Waals surface area contributed by atoms with Crippen molar-refractivity contribution in [3.8, 4) is 5.75 Å². The molecule has 3 aromatic rings. The van der Waals surface area contributed by atoms with Crippen LogP contribution in [0.5, 0.6) is 5.75 Å². The van der Waals surface area contributed by atoms with E-state index in [9.17, 15) is 9.59 Å². The van der Waals surface area contributed by atoms with Crippen LogP contribution < -0.4 is 15.4 Å². The Bertz CT molecular complexity index is 1090. The molecule has 162 valence electrons. The summed E-state index contributed by atoms with van der Waals surface area (Å²) in [6, 6.07) is 8.97. The molecule has 2 N–H and O–H groups in total. The maximum absolute atomic E-state index is 12.6. The van der Waals surface area contributed by atoms with Crippen LogP contribution in [0.4, 0.5) is 10.8 Å². The third-order valence-corrected chi connectivity index (χ3v) is 5.72. The van der Waals surface area contributed by atoms with E-state index in [1.54, 1.807) is 13.0 Å². The maximum atomic E-state index is 12.6. The highest BCUT2D eigenvalue weighted by Gasteiger charge is 2.24. The lowest BCUT2D eigenvalue weighted by molar-refractivity contribution is -0.117. The predicted molar refractivity (Wildman–Crippen MR) is 117 cm³/mol. The van der Waals surface area contributed by atoms with Gasteiger partial charge in [0.15, 0.2) is 10.8 Å². The topological polar surface area (TPSA) is 110 Å². The lowest BCUT2D eigenvalue weighted by atomic mass is 10.2. The summed E-state index contributed by atoms with van der Waals surface area (Å²) in [5.41, 5.74) is 1.84. The SMILES string of the molecule is CCOc1ccccc1NC(=O)CN1CCc2nc(NC(=O)c3cc(C)on3)sc2C1. The molecular weight excluding hydrogens is 418 g/mol. The van der Waals surface area contributed by atoms with Gasteiger partial charge in [-0.05, 0) is 26.0 Å². The van der Waals surface area contributed by atoms with Crippen LogP contribution in [0.25, 0.3) is 0 Å². The van der Waals surface area contributed by atoms with Crippen LogP contribution in [0, 0.1) is 6.92 Å². The highest BCUT2D eigenvalue weighted by molar-refractivity contribution is 7.15. The van der Waals surface area contributed by atoms with Gasteiger partial charge in [0, 0.05) is 30.5 Å². The maximum Gasteiger partial charge on any atom is 0.279 e. The molecule has 0 atom stereocenters. The molecule has 2 amide bonds. The van der Waals surface area contributed by atoms with Crippen LogP contribution in [0.2, 0.25) is 0 Å². The third kappa shape index (κ3) is 5.09. The van der Waals surface area contributed by atoms with Gasteiger partial charge in [-0.3, -0.25) is 19.8 Å². The van der Waals surface area contributed by atoms with Crippen LogP contribution in [0.15, 0.2) is 34.9 Å². The van der Waals surface area contributed by atoms with E-state index >= 15 is 0 Å². The Labute approximate surface area is 183 Å². The molecule has 10 heteroatoms. The average molecular weight is 442 g/mol. The van der Waals surface area contributed by atoms with E-state index in [4.69, 9.17) is 9.26 Å². The number of benzene rings is 1. The second kappa shape index (κ2) is 9.27. The largest absolute Gasteiger partial charge is 0.492 e. The molecule has 0 bridgehead atoms. The highest BCUT2D eigenvalue weighted by atomic mass is 32.1. The molecule has 2 aromatic heterocycles. The standard InChI is InChI=1S/C21H23N5O4S/c1-3-29-17-7-5-4-6-14(17)22-19(27)12-26-9-8-15-18(11-26)31-21(23-15)24-20(28)16-10-13(2)30-25-16/h4-7,10H,3,8-9,11-12H2,1-2H3,(H,22,27)(H,23,24,28). The molecule has 9 nitrogen and oxygen atoms in total. The second-order valence-electron chi connectivity index (χ2n) is 7.10. The monoisotopic (exact) mass is 441 g/mol. The minimum atomic E-state index is -0.354. The number of nitrogens with one attached hydrogen (secondary N) is 2. The molecular formula is C21H23N5O4S. The van der Waals surface area contributed by atoms with Crippen molar-refractivity contribution < 1.29 is 18.8 Å². The van der Waals surface area contributed by atoms with Crippen molar-refractivity contribution in [1.29, 1.82) is 0 Å². The minimum absolute atomic E-state index is 0.102. The van der Waals surface area contributed by atoms with E-state index in [0.717, 1.165) is 10.6 Å². The van der Waals surface area contributed by atoms with Crippen LogP contribution in [-0.2, 0) is 17.8 Å². The van der Waals surface area contributed by atoms with Gasteiger partial charge in [-0.1, -0.05) is 17.3 Å². The first-order valence-corrected chi connectivity index (χ1v) is 10.8. The zero-order valence-corrected chi connectivity index (χ0v) is 18.1. The van der Waals surface area contributed by atoms with Gasteiger partial charge in [-0.2, -0.15) is 0 Å². The molecule has 0 radical (unpaired) electrons. The number of hydrogen-bond donors (Lipinski definition) is 2. The molecule has 3 heterocycles. The van der Waals surface area contributed by atoms with Gasteiger partial charge in [-0.25, -0.2) is 4.98 Å². The normalized spacial score (nSPS) is 13.5. The van der Waals surface area contributed by atoms with Gasteiger partial charge in [0.05, 0.1) is 24.5 Å². The average Bonchev–Trinajstić information content (AvgIpc) is 3.35.